The van der Waals surface area contributed by atoms with E-state index >= 15 is 0 Å². The van der Waals surface area contributed by atoms with Crippen LogP contribution in [0.3, 0.4) is 0 Å². The predicted octanol–water partition coefficient (Wildman–Crippen LogP) is 1.96. The van der Waals surface area contributed by atoms with Gasteiger partial charge in [-0.25, -0.2) is 8.91 Å². The molecule has 1 aromatic carbocycles. The Kier molecular flexibility index (Phi) is 3.67. The van der Waals surface area contributed by atoms with E-state index in [9.17, 15) is 19.3 Å². The summed E-state index contributed by atoms with van der Waals surface area (Å²) in [5.41, 5.74) is 0.792. The zero-order valence-corrected chi connectivity index (χ0v) is 11.6. The number of amides is 1. The quantitative estimate of drug-likeness (QED) is 0.585. The van der Waals surface area contributed by atoms with Gasteiger partial charge in [0.05, 0.1) is 17.5 Å². The van der Waals surface area contributed by atoms with Gasteiger partial charge < -0.3 is 0 Å². The molecule has 0 fully saturated rings. The second-order valence-electron chi connectivity index (χ2n) is 4.74. The first kappa shape index (κ1) is 14.6. The predicted molar refractivity (Wildman–Crippen MR) is 78.4 cm³/mol. The van der Waals surface area contributed by atoms with Gasteiger partial charge in [-0.15, -0.1) is 5.10 Å². The number of carbonyl (C=O) groups excluding carboxylic acids is 1. The van der Waals surface area contributed by atoms with Crippen molar-refractivity contribution in [2.75, 3.05) is 5.32 Å². The molecule has 0 unspecified atom stereocenters. The summed E-state index contributed by atoms with van der Waals surface area (Å²) in [6.07, 6.45) is 1.07. The Morgan fingerprint density at radius 1 is 1.35 bits per heavy atom. The second kappa shape index (κ2) is 5.79. The number of anilines is 1. The summed E-state index contributed by atoms with van der Waals surface area (Å²) in [4.78, 5) is 26.2. The summed E-state index contributed by atoms with van der Waals surface area (Å²) >= 11 is 0. The summed E-state index contributed by atoms with van der Waals surface area (Å²) in [6, 6.07) is 8.45. The van der Waals surface area contributed by atoms with Crippen LogP contribution in [0.1, 0.15) is 5.56 Å². The monoisotopic (exact) mass is 315 g/mol. The first-order valence-corrected chi connectivity index (χ1v) is 6.56. The third-order valence-electron chi connectivity index (χ3n) is 3.03. The van der Waals surface area contributed by atoms with E-state index < -0.39 is 16.6 Å². The minimum atomic E-state index is -0.528. The molecule has 8 nitrogen and oxygen atoms in total. The Morgan fingerprint density at radius 2 is 2.17 bits per heavy atom. The van der Waals surface area contributed by atoms with Crippen molar-refractivity contribution in [2.24, 2.45) is 0 Å². The van der Waals surface area contributed by atoms with E-state index in [0.717, 1.165) is 6.20 Å². The number of rotatable bonds is 4. The topological polar surface area (TPSA) is 102 Å². The molecular weight excluding hydrogens is 305 g/mol. The highest BCUT2D eigenvalue weighted by molar-refractivity contribution is 5.90. The van der Waals surface area contributed by atoms with Crippen LogP contribution < -0.4 is 5.32 Å². The highest BCUT2D eigenvalue weighted by atomic mass is 19.1. The van der Waals surface area contributed by atoms with E-state index in [2.05, 4.69) is 15.4 Å². The van der Waals surface area contributed by atoms with Gasteiger partial charge in [-0.3, -0.25) is 20.2 Å². The second-order valence-corrected chi connectivity index (χ2v) is 4.74. The van der Waals surface area contributed by atoms with Crippen molar-refractivity contribution in [2.45, 2.75) is 6.42 Å². The Morgan fingerprint density at radius 3 is 2.96 bits per heavy atom. The molecule has 1 N–H and O–H groups in total. The van der Waals surface area contributed by atoms with Gasteiger partial charge >= 0.3 is 0 Å². The SMILES string of the molecule is O=C(Cc1cccc([N+](=O)[O-])c1)Nc1nc2ccc(F)cn2n1. The fraction of sp³-hybridized carbons (Fsp3) is 0.0714. The van der Waals surface area contributed by atoms with Gasteiger partial charge in [0.2, 0.25) is 11.9 Å². The number of benzene rings is 1. The molecule has 2 heterocycles. The fourth-order valence-electron chi connectivity index (χ4n) is 2.05. The molecule has 0 aliphatic carbocycles. The van der Waals surface area contributed by atoms with E-state index in [1.54, 1.807) is 6.07 Å². The number of hydrogen-bond acceptors (Lipinski definition) is 5. The molecule has 0 spiro atoms. The first-order chi connectivity index (χ1) is 11.0. The molecular formula is C14H10FN5O3. The van der Waals surface area contributed by atoms with E-state index in [1.165, 1.54) is 34.8 Å². The summed E-state index contributed by atoms with van der Waals surface area (Å²) in [5.74, 6) is -0.871. The zero-order valence-electron chi connectivity index (χ0n) is 11.6. The van der Waals surface area contributed by atoms with Crippen LogP contribution in [0.15, 0.2) is 42.6 Å². The zero-order chi connectivity index (χ0) is 16.4. The van der Waals surface area contributed by atoms with Crippen molar-refractivity contribution in [3.63, 3.8) is 0 Å². The summed E-state index contributed by atoms with van der Waals surface area (Å²) in [5, 5.41) is 17.1. The number of pyridine rings is 1. The maximum absolute atomic E-state index is 13.1. The van der Waals surface area contributed by atoms with Crippen molar-refractivity contribution < 1.29 is 14.1 Å². The van der Waals surface area contributed by atoms with Gasteiger partial charge in [-0.2, -0.15) is 4.98 Å². The molecule has 0 bridgehead atoms. The highest BCUT2D eigenvalue weighted by Crippen LogP contribution is 2.14. The largest absolute Gasteiger partial charge is 0.293 e. The molecule has 0 aliphatic rings. The summed E-state index contributed by atoms with van der Waals surface area (Å²) in [7, 11) is 0. The first-order valence-electron chi connectivity index (χ1n) is 6.56. The number of hydrogen-bond donors (Lipinski definition) is 1. The van der Waals surface area contributed by atoms with Gasteiger partial charge in [0.15, 0.2) is 5.65 Å². The number of non-ortho nitro benzene ring substituents is 1. The van der Waals surface area contributed by atoms with Crippen LogP contribution in [0.4, 0.5) is 16.0 Å². The Bertz CT molecular complexity index is 908. The van der Waals surface area contributed by atoms with Crippen LogP contribution in [-0.4, -0.2) is 25.4 Å². The fourth-order valence-corrected chi connectivity index (χ4v) is 2.05. The average molecular weight is 315 g/mol. The van der Waals surface area contributed by atoms with Crippen LogP contribution in [0, 0.1) is 15.9 Å². The number of nitrogens with one attached hydrogen (secondary N) is 1. The molecule has 0 saturated carbocycles. The summed E-state index contributed by atoms with van der Waals surface area (Å²) in [6.45, 7) is 0. The molecule has 9 heteroatoms. The maximum Gasteiger partial charge on any atom is 0.269 e. The number of nitrogens with zero attached hydrogens (tertiary/aromatic N) is 4. The molecule has 3 aromatic rings. The normalized spacial score (nSPS) is 10.7. The molecule has 1 amide bonds. The van der Waals surface area contributed by atoms with E-state index in [4.69, 9.17) is 0 Å². The lowest BCUT2D eigenvalue weighted by Gasteiger charge is -2.01. The van der Waals surface area contributed by atoms with Crippen LogP contribution in [0.25, 0.3) is 5.65 Å². The van der Waals surface area contributed by atoms with Crippen molar-refractivity contribution in [3.8, 4) is 0 Å². The van der Waals surface area contributed by atoms with Gasteiger partial charge in [-0.1, -0.05) is 12.1 Å². The minimum absolute atomic E-state index is 0.0334. The minimum Gasteiger partial charge on any atom is -0.293 e. The molecule has 3 rings (SSSR count). The average Bonchev–Trinajstić information content (AvgIpc) is 2.88. The molecule has 23 heavy (non-hydrogen) atoms. The van der Waals surface area contributed by atoms with Gasteiger partial charge in [0.25, 0.3) is 5.69 Å². The standard InChI is InChI=1S/C14H10FN5O3/c15-10-4-5-12-16-14(18-19(12)8-10)17-13(21)7-9-2-1-3-11(6-9)20(22)23/h1-6,8H,7H2,(H,17,18,21). The smallest absolute Gasteiger partial charge is 0.269 e. The molecule has 0 radical (unpaired) electrons. The Labute approximate surface area is 128 Å². The van der Waals surface area contributed by atoms with Crippen molar-refractivity contribution in [1.82, 2.24) is 14.6 Å². The van der Waals surface area contributed by atoms with Crippen molar-refractivity contribution in [1.29, 1.82) is 0 Å². The van der Waals surface area contributed by atoms with Crippen molar-refractivity contribution in [3.05, 3.63) is 64.1 Å². The van der Waals surface area contributed by atoms with Gasteiger partial charge in [0, 0.05) is 12.1 Å². The lowest BCUT2D eigenvalue weighted by Crippen LogP contribution is -2.15. The number of fused-ring (bicyclic) bond motifs is 1. The molecule has 116 valence electrons. The Hall–Kier alpha value is -3.36. The van der Waals surface area contributed by atoms with Crippen LogP contribution >= 0.6 is 0 Å². The summed E-state index contributed by atoms with van der Waals surface area (Å²) < 4.78 is 14.3. The van der Waals surface area contributed by atoms with Crippen LogP contribution in [0.2, 0.25) is 0 Å². The number of nitro groups is 1. The molecule has 0 atom stereocenters. The van der Waals surface area contributed by atoms with Crippen molar-refractivity contribution >= 4 is 23.2 Å². The third kappa shape index (κ3) is 3.28. The van der Waals surface area contributed by atoms with E-state index in [1.807, 2.05) is 0 Å². The number of halogens is 1. The van der Waals surface area contributed by atoms with Crippen LogP contribution in [-0.2, 0) is 11.2 Å². The highest BCUT2D eigenvalue weighted by Gasteiger charge is 2.11. The molecule has 0 saturated heterocycles. The third-order valence-corrected chi connectivity index (χ3v) is 3.03. The van der Waals surface area contributed by atoms with E-state index in [0.29, 0.717) is 11.2 Å². The maximum atomic E-state index is 13.1. The molecule has 2 aromatic heterocycles. The van der Waals surface area contributed by atoms with Crippen LogP contribution in [0.5, 0.6) is 0 Å². The lowest BCUT2D eigenvalue weighted by atomic mass is 10.1. The molecule has 0 aliphatic heterocycles. The van der Waals surface area contributed by atoms with Gasteiger partial charge in [0.1, 0.15) is 5.82 Å². The van der Waals surface area contributed by atoms with E-state index in [-0.39, 0.29) is 18.1 Å². The number of carbonyl (C=O) groups is 1. The number of nitro benzene ring substituents is 1. The lowest BCUT2D eigenvalue weighted by molar-refractivity contribution is -0.384. The number of aromatic nitrogens is 3. The Balaban J connectivity index is 1.73. The van der Waals surface area contributed by atoms with Gasteiger partial charge in [-0.05, 0) is 17.7 Å².